The molecule has 5 rings (SSSR count). The van der Waals surface area contributed by atoms with Crippen molar-refractivity contribution in [1.29, 1.82) is 10.5 Å². The van der Waals surface area contributed by atoms with Crippen LogP contribution in [-0.2, 0) is 19.1 Å². The Bertz CT molecular complexity index is 1850. The minimum atomic E-state index is -0.737. The van der Waals surface area contributed by atoms with Gasteiger partial charge in [0.2, 0.25) is 0 Å². The van der Waals surface area contributed by atoms with Gasteiger partial charge >= 0.3 is 11.9 Å². The molecule has 0 saturated carbocycles. The highest BCUT2D eigenvalue weighted by atomic mass is 35.5. The van der Waals surface area contributed by atoms with E-state index in [2.05, 4.69) is 27.5 Å². The van der Waals surface area contributed by atoms with E-state index in [-0.39, 0.29) is 17.7 Å². The van der Waals surface area contributed by atoms with E-state index < -0.39 is 17.9 Å². The molecule has 238 valence electrons. The number of ether oxygens (including phenoxy) is 2. The molecule has 1 unspecified atom stereocenters. The second kappa shape index (κ2) is 15.7. The van der Waals surface area contributed by atoms with Crippen LogP contribution in [0.4, 0.5) is 0 Å². The highest BCUT2D eigenvalue weighted by Gasteiger charge is 2.39. The largest absolute Gasteiger partial charge is 0.466 e. The molecule has 0 bridgehead atoms. The lowest BCUT2D eigenvalue weighted by Crippen LogP contribution is -2.32. The third kappa shape index (κ3) is 7.70. The fourth-order valence-electron chi connectivity index (χ4n) is 5.24. The maximum atomic E-state index is 12.6. The first kappa shape index (κ1) is 34.5. The van der Waals surface area contributed by atoms with E-state index in [1.54, 1.807) is 74.2 Å². The average molecular weight is 670 g/mol. The number of dihydropyridines is 1. The van der Waals surface area contributed by atoms with E-state index in [0.717, 1.165) is 11.1 Å². The number of benzene rings is 3. The van der Waals surface area contributed by atoms with Gasteiger partial charge in [0.15, 0.2) is 0 Å². The van der Waals surface area contributed by atoms with Crippen molar-refractivity contribution >= 4 is 35.1 Å². The van der Waals surface area contributed by atoms with E-state index in [1.807, 2.05) is 24.3 Å². The predicted molar refractivity (Wildman–Crippen MR) is 176 cm³/mol. The van der Waals surface area contributed by atoms with E-state index in [4.69, 9.17) is 43.2 Å². The summed E-state index contributed by atoms with van der Waals surface area (Å²) in [5.41, 5.74) is 5.52. The Kier molecular flexibility index (Phi) is 11.5. The van der Waals surface area contributed by atoms with Crippen LogP contribution < -0.4 is 5.32 Å². The third-order valence-corrected chi connectivity index (χ3v) is 8.20. The van der Waals surface area contributed by atoms with Gasteiger partial charge in [0, 0.05) is 11.4 Å². The Morgan fingerprint density at radius 1 is 0.915 bits per heavy atom. The van der Waals surface area contributed by atoms with Crippen LogP contribution in [0.1, 0.15) is 60.5 Å². The van der Waals surface area contributed by atoms with Gasteiger partial charge in [-0.05, 0) is 67.8 Å². The van der Waals surface area contributed by atoms with Crippen molar-refractivity contribution in [3.63, 3.8) is 0 Å². The van der Waals surface area contributed by atoms with E-state index >= 15 is 0 Å². The number of nitrogens with one attached hydrogen (secondary N) is 1. The Hall–Kier alpha value is -5.42. The topological polar surface area (TPSA) is 143 Å². The lowest BCUT2D eigenvalue weighted by atomic mass is 9.80. The summed E-state index contributed by atoms with van der Waals surface area (Å²) >= 11 is 12.5. The summed E-state index contributed by atoms with van der Waals surface area (Å²) in [7, 11) is 1.29. The zero-order valence-electron chi connectivity index (χ0n) is 26.0. The number of esters is 2. The SMILES string of the molecule is CCOC(=O)C1=C(C)NC(C)=C(C(=O)OC)C1c1cccc(Cl)c1Cl.N#Cc1ccc(C(c2ccc(C#N)cc2)n2cncn2)cc1. The summed E-state index contributed by atoms with van der Waals surface area (Å²) < 4.78 is 11.9. The van der Waals surface area contributed by atoms with Crippen molar-refractivity contribution in [3.05, 3.63) is 140 Å². The molecule has 1 atom stereocenters. The molecule has 4 aromatic rings. The van der Waals surface area contributed by atoms with Crippen molar-refractivity contribution < 1.29 is 19.1 Å². The van der Waals surface area contributed by atoms with Gasteiger partial charge in [-0.2, -0.15) is 15.6 Å². The molecule has 10 nitrogen and oxygen atoms in total. The van der Waals surface area contributed by atoms with Crippen LogP contribution >= 0.6 is 23.2 Å². The standard InChI is InChI=1S/C18H19Cl2NO4.C17H11N5/c1-5-25-18(23)14-10(3)21-9(2)13(17(22)24-4)15(14)11-7-6-8-12(19)16(11)20;18-9-13-1-5-15(6-2-13)17(22-12-20-11-21-22)16-7-3-14(10-19)4-8-16/h6-8,15,21H,5H2,1-4H3;1-8,11-12,17H. The van der Waals surface area contributed by atoms with Gasteiger partial charge in [-0.25, -0.2) is 19.3 Å². The molecule has 0 spiro atoms. The fourth-order valence-corrected chi connectivity index (χ4v) is 5.65. The van der Waals surface area contributed by atoms with E-state index in [1.165, 1.54) is 13.4 Å². The first-order valence-corrected chi connectivity index (χ1v) is 15.1. The molecule has 47 heavy (non-hydrogen) atoms. The maximum absolute atomic E-state index is 12.6. The maximum Gasteiger partial charge on any atom is 0.336 e. The van der Waals surface area contributed by atoms with Gasteiger partial charge in [-0.15, -0.1) is 0 Å². The summed E-state index contributed by atoms with van der Waals surface area (Å²) in [6, 6.07) is 23.9. The van der Waals surface area contributed by atoms with Crippen molar-refractivity contribution in [2.45, 2.75) is 32.7 Å². The van der Waals surface area contributed by atoms with Gasteiger partial charge in [-0.3, -0.25) is 0 Å². The molecule has 2 heterocycles. The molecule has 0 radical (unpaired) electrons. The zero-order chi connectivity index (χ0) is 34.1. The van der Waals surface area contributed by atoms with Crippen LogP contribution in [-0.4, -0.2) is 40.4 Å². The van der Waals surface area contributed by atoms with Crippen LogP contribution in [0.25, 0.3) is 0 Å². The summed E-state index contributed by atoms with van der Waals surface area (Å²) in [6.45, 7) is 5.41. The van der Waals surface area contributed by atoms with Crippen LogP contribution in [0.5, 0.6) is 0 Å². The number of methoxy groups -OCH3 is 1. The molecule has 1 N–H and O–H groups in total. The molecule has 0 aliphatic carbocycles. The van der Waals surface area contributed by atoms with Gasteiger partial charge in [0.25, 0.3) is 0 Å². The molecule has 0 amide bonds. The van der Waals surface area contributed by atoms with Crippen LogP contribution in [0, 0.1) is 22.7 Å². The lowest BCUT2D eigenvalue weighted by Gasteiger charge is -2.30. The smallest absolute Gasteiger partial charge is 0.336 e. The summed E-state index contributed by atoms with van der Waals surface area (Å²) in [6.07, 6.45) is 3.14. The van der Waals surface area contributed by atoms with Crippen LogP contribution in [0.15, 0.2) is 102 Å². The molecule has 12 heteroatoms. The van der Waals surface area contributed by atoms with Crippen molar-refractivity contribution in [3.8, 4) is 12.1 Å². The second-order valence-corrected chi connectivity index (χ2v) is 11.0. The minimum absolute atomic E-state index is 0.150. The molecule has 0 fully saturated rings. The lowest BCUT2D eigenvalue weighted by molar-refractivity contribution is -0.139. The number of carbonyl (C=O) groups excluding carboxylic acids is 2. The number of halogens is 2. The first-order chi connectivity index (χ1) is 22.6. The highest BCUT2D eigenvalue weighted by molar-refractivity contribution is 6.42. The molecule has 3 aromatic carbocycles. The minimum Gasteiger partial charge on any atom is -0.466 e. The quantitative estimate of drug-likeness (QED) is 0.215. The number of carbonyl (C=O) groups is 2. The Balaban J connectivity index is 0.000000214. The molecule has 0 saturated heterocycles. The van der Waals surface area contributed by atoms with Gasteiger partial charge in [-0.1, -0.05) is 59.6 Å². The molecule has 1 aliphatic heterocycles. The summed E-state index contributed by atoms with van der Waals surface area (Å²) in [4.78, 5) is 29.0. The number of allylic oxidation sites excluding steroid dienone is 2. The number of nitrogens with zero attached hydrogens (tertiary/aromatic N) is 5. The second-order valence-electron chi connectivity index (χ2n) is 10.2. The summed E-state index contributed by atoms with van der Waals surface area (Å²) in [5.74, 6) is -1.82. The third-order valence-electron chi connectivity index (χ3n) is 7.37. The fraction of sp³-hybridized carbons (Fsp3) is 0.200. The van der Waals surface area contributed by atoms with Crippen molar-refractivity contribution in [2.75, 3.05) is 13.7 Å². The molecular weight excluding hydrogens is 639 g/mol. The zero-order valence-corrected chi connectivity index (χ0v) is 27.5. The number of rotatable bonds is 7. The monoisotopic (exact) mass is 668 g/mol. The van der Waals surface area contributed by atoms with Crippen LogP contribution in [0.3, 0.4) is 0 Å². The van der Waals surface area contributed by atoms with Crippen molar-refractivity contribution in [1.82, 2.24) is 20.1 Å². The highest BCUT2D eigenvalue weighted by Crippen LogP contribution is 2.43. The van der Waals surface area contributed by atoms with Crippen molar-refractivity contribution in [2.24, 2.45) is 0 Å². The number of hydrogen-bond donors (Lipinski definition) is 1. The Morgan fingerprint density at radius 2 is 1.47 bits per heavy atom. The molecule has 1 aliphatic rings. The van der Waals surface area contributed by atoms with E-state index in [9.17, 15) is 9.59 Å². The Labute approximate surface area is 282 Å². The van der Waals surface area contributed by atoms with Gasteiger partial charge in [0.1, 0.15) is 18.7 Å². The molecular formula is C35H30Cl2N6O4. The Morgan fingerprint density at radius 3 is 1.94 bits per heavy atom. The number of nitriles is 2. The van der Waals surface area contributed by atoms with Gasteiger partial charge in [0.05, 0.1) is 64.1 Å². The predicted octanol–water partition coefficient (Wildman–Crippen LogP) is 6.62. The van der Waals surface area contributed by atoms with Crippen LogP contribution in [0.2, 0.25) is 10.0 Å². The molecule has 1 aromatic heterocycles. The normalized spacial score (nSPS) is 13.9. The number of hydrogen-bond acceptors (Lipinski definition) is 9. The van der Waals surface area contributed by atoms with E-state index in [0.29, 0.717) is 44.3 Å². The van der Waals surface area contributed by atoms with Gasteiger partial charge < -0.3 is 14.8 Å². The number of aromatic nitrogens is 3. The average Bonchev–Trinajstić information content (AvgIpc) is 3.61. The first-order valence-electron chi connectivity index (χ1n) is 14.4. The summed E-state index contributed by atoms with van der Waals surface area (Å²) in [5, 5.41) is 25.7.